The quantitative estimate of drug-likeness (QED) is 0.340. The SMILES string of the molecule is CC.O=C(NCCCc1cn[nH]c1)c1ccc(-n2ccnc2)c(C#Cc2ccc(F)cc2)c1. The van der Waals surface area contributed by atoms with Gasteiger partial charge in [0.05, 0.1) is 18.2 Å². The Morgan fingerprint density at radius 3 is 2.67 bits per heavy atom. The molecule has 0 aliphatic rings. The lowest BCUT2D eigenvalue weighted by Crippen LogP contribution is -2.25. The molecule has 2 aromatic heterocycles. The molecule has 6 nitrogen and oxygen atoms in total. The third kappa shape index (κ3) is 6.65. The normalized spacial score (nSPS) is 9.91. The topological polar surface area (TPSA) is 75.6 Å². The number of nitrogens with zero attached hydrogens (tertiary/aromatic N) is 3. The molecular formula is C26H26FN5O. The average Bonchev–Trinajstić information content (AvgIpc) is 3.57. The first-order valence-electron chi connectivity index (χ1n) is 10.8. The van der Waals surface area contributed by atoms with Crippen molar-refractivity contribution in [1.29, 1.82) is 0 Å². The Bertz CT molecular complexity index is 1200. The molecule has 168 valence electrons. The van der Waals surface area contributed by atoms with Gasteiger partial charge in [0.2, 0.25) is 0 Å². The van der Waals surface area contributed by atoms with Crippen LogP contribution >= 0.6 is 0 Å². The molecule has 0 fully saturated rings. The fourth-order valence-electron chi connectivity index (χ4n) is 3.09. The summed E-state index contributed by atoms with van der Waals surface area (Å²) >= 11 is 0. The number of amides is 1. The van der Waals surface area contributed by atoms with Crippen LogP contribution in [0.25, 0.3) is 5.69 Å². The number of aromatic nitrogens is 4. The zero-order valence-corrected chi connectivity index (χ0v) is 18.7. The average molecular weight is 444 g/mol. The fourth-order valence-corrected chi connectivity index (χ4v) is 3.09. The first kappa shape index (κ1) is 23.5. The number of benzene rings is 2. The molecule has 0 bridgehead atoms. The van der Waals surface area contributed by atoms with Gasteiger partial charge in [-0.05, 0) is 60.9 Å². The van der Waals surface area contributed by atoms with Crippen LogP contribution in [-0.2, 0) is 6.42 Å². The number of nitrogens with one attached hydrogen (secondary N) is 2. The third-order valence-corrected chi connectivity index (χ3v) is 4.71. The summed E-state index contributed by atoms with van der Waals surface area (Å²) in [6, 6.07) is 11.4. The van der Waals surface area contributed by atoms with E-state index < -0.39 is 0 Å². The van der Waals surface area contributed by atoms with Crippen LogP contribution in [-0.4, -0.2) is 32.2 Å². The fraction of sp³-hybridized carbons (Fsp3) is 0.192. The van der Waals surface area contributed by atoms with Gasteiger partial charge in [-0.25, -0.2) is 9.37 Å². The highest BCUT2D eigenvalue weighted by Gasteiger charge is 2.10. The smallest absolute Gasteiger partial charge is 0.251 e. The maximum absolute atomic E-state index is 13.1. The zero-order valence-electron chi connectivity index (χ0n) is 18.7. The summed E-state index contributed by atoms with van der Waals surface area (Å²) in [7, 11) is 0. The van der Waals surface area contributed by atoms with Crippen molar-refractivity contribution in [3.05, 3.63) is 102 Å². The number of aryl methyl sites for hydroxylation is 1. The Morgan fingerprint density at radius 2 is 1.97 bits per heavy atom. The largest absolute Gasteiger partial charge is 0.352 e. The van der Waals surface area contributed by atoms with Gasteiger partial charge in [0.15, 0.2) is 0 Å². The maximum Gasteiger partial charge on any atom is 0.251 e. The Hall–Kier alpha value is -4.18. The summed E-state index contributed by atoms with van der Waals surface area (Å²) < 4.78 is 15.0. The van der Waals surface area contributed by atoms with Gasteiger partial charge in [-0.3, -0.25) is 9.89 Å². The molecule has 0 saturated carbocycles. The summed E-state index contributed by atoms with van der Waals surface area (Å²) in [4.78, 5) is 16.7. The van der Waals surface area contributed by atoms with Crippen LogP contribution < -0.4 is 5.32 Å². The third-order valence-electron chi connectivity index (χ3n) is 4.71. The molecule has 0 unspecified atom stereocenters. The number of hydrogen-bond donors (Lipinski definition) is 2. The lowest BCUT2D eigenvalue weighted by molar-refractivity contribution is 0.0953. The second kappa shape index (κ2) is 12.0. The molecule has 2 aromatic carbocycles. The molecule has 0 aliphatic heterocycles. The summed E-state index contributed by atoms with van der Waals surface area (Å²) in [5.74, 6) is 5.67. The molecule has 0 aliphatic carbocycles. The highest BCUT2D eigenvalue weighted by Crippen LogP contribution is 2.16. The van der Waals surface area contributed by atoms with Gasteiger partial charge in [0.25, 0.3) is 5.91 Å². The van der Waals surface area contributed by atoms with Crippen molar-refractivity contribution >= 4 is 5.91 Å². The number of hydrogen-bond acceptors (Lipinski definition) is 3. The number of imidazole rings is 1. The molecule has 0 atom stereocenters. The number of halogens is 1. The summed E-state index contributed by atoms with van der Waals surface area (Å²) in [6.07, 6.45) is 10.5. The van der Waals surface area contributed by atoms with E-state index in [-0.39, 0.29) is 11.7 Å². The number of H-pyrrole nitrogens is 1. The van der Waals surface area contributed by atoms with Gasteiger partial charge in [0, 0.05) is 41.8 Å². The molecule has 1 amide bonds. The Morgan fingerprint density at radius 1 is 1.15 bits per heavy atom. The molecule has 0 radical (unpaired) electrons. The molecule has 2 N–H and O–H groups in total. The Balaban J connectivity index is 0.00000149. The predicted molar refractivity (Wildman–Crippen MR) is 127 cm³/mol. The van der Waals surface area contributed by atoms with Gasteiger partial charge in [-0.1, -0.05) is 25.7 Å². The van der Waals surface area contributed by atoms with Crippen molar-refractivity contribution in [2.75, 3.05) is 6.54 Å². The van der Waals surface area contributed by atoms with Crippen LogP contribution in [0, 0.1) is 17.7 Å². The van der Waals surface area contributed by atoms with E-state index in [9.17, 15) is 9.18 Å². The second-order valence-electron chi connectivity index (χ2n) is 6.92. The first-order chi connectivity index (χ1) is 16.2. The molecular weight excluding hydrogens is 417 g/mol. The highest BCUT2D eigenvalue weighted by molar-refractivity contribution is 5.95. The number of carbonyl (C=O) groups is 1. The van der Waals surface area contributed by atoms with Gasteiger partial charge in [-0.2, -0.15) is 5.10 Å². The van der Waals surface area contributed by atoms with Crippen LogP contribution in [0.15, 0.2) is 73.6 Å². The van der Waals surface area contributed by atoms with Crippen LogP contribution in [0.3, 0.4) is 0 Å². The van der Waals surface area contributed by atoms with E-state index in [0.717, 1.165) is 24.1 Å². The minimum Gasteiger partial charge on any atom is -0.352 e. The lowest BCUT2D eigenvalue weighted by atomic mass is 10.1. The summed E-state index contributed by atoms with van der Waals surface area (Å²) in [5, 5.41) is 9.64. The van der Waals surface area contributed by atoms with Crippen LogP contribution in [0.4, 0.5) is 4.39 Å². The minimum atomic E-state index is -0.309. The molecule has 2 heterocycles. The maximum atomic E-state index is 13.1. The Labute approximate surface area is 192 Å². The molecule has 0 spiro atoms. The van der Waals surface area contributed by atoms with Crippen LogP contribution in [0.5, 0.6) is 0 Å². The predicted octanol–water partition coefficient (Wildman–Crippen LogP) is 4.52. The van der Waals surface area contributed by atoms with E-state index >= 15 is 0 Å². The molecule has 7 heteroatoms. The second-order valence-corrected chi connectivity index (χ2v) is 6.92. The summed E-state index contributed by atoms with van der Waals surface area (Å²) in [6.45, 7) is 4.56. The van der Waals surface area contributed by atoms with Crippen molar-refractivity contribution in [2.24, 2.45) is 0 Å². The van der Waals surface area contributed by atoms with Crippen LogP contribution in [0.1, 0.15) is 47.3 Å². The van der Waals surface area contributed by atoms with Gasteiger partial charge in [-0.15, -0.1) is 0 Å². The van der Waals surface area contributed by atoms with Crippen molar-refractivity contribution in [2.45, 2.75) is 26.7 Å². The highest BCUT2D eigenvalue weighted by atomic mass is 19.1. The Kier molecular flexibility index (Phi) is 8.55. The molecule has 0 saturated heterocycles. The monoisotopic (exact) mass is 443 g/mol. The molecule has 4 rings (SSSR count). The van der Waals surface area contributed by atoms with Gasteiger partial charge >= 0.3 is 0 Å². The van der Waals surface area contributed by atoms with E-state index in [1.54, 1.807) is 43.0 Å². The van der Waals surface area contributed by atoms with Gasteiger partial charge in [0.1, 0.15) is 5.82 Å². The lowest BCUT2D eigenvalue weighted by Gasteiger charge is -2.09. The zero-order chi connectivity index (χ0) is 23.5. The molecule has 4 aromatic rings. The van der Waals surface area contributed by atoms with Gasteiger partial charge < -0.3 is 9.88 Å². The van der Waals surface area contributed by atoms with Crippen molar-refractivity contribution in [3.8, 4) is 17.5 Å². The van der Waals surface area contributed by atoms with Crippen molar-refractivity contribution in [1.82, 2.24) is 25.1 Å². The van der Waals surface area contributed by atoms with E-state index in [1.807, 2.05) is 36.9 Å². The number of aromatic amines is 1. The van der Waals surface area contributed by atoms with Crippen LogP contribution in [0.2, 0.25) is 0 Å². The van der Waals surface area contributed by atoms with E-state index in [1.165, 1.54) is 12.1 Å². The minimum absolute atomic E-state index is 0.158. The number of rotatable bonds is 6. The van der Waals surface area contributed by atoms with E-state index in [4.69, 9.17) is 0 Å². The first-order valence-corrected chi connectivity index (χ1v) is 10.8. The van der Waals surface area contributed by atoms with E-state index in [0.29, 0.717) is 23.2 Å². The molecule has 33 heavy (non-hydrogen) atoms. The number of carbonyl (C=O) groups excluding carboxylic acids is 1. The van der Waals surface area contributed by atoms with E-state index in [2.05, 4.69) is 32.3 Å². The standard InChI is InChI=1S/C24H20FN5O.C2H6/c25-22-8-4-18(5-9-22)3-6-20-14-21(7-10-23(20)30-13-12-26-17-30)24(31)27-11-1-2-19-15-28-29-16-19;1-2/h4-5,7-10,12-17H,1-2,11H2,(H,27,31)(H,28,29);1-2H3. The van der Waals surface area contributed by atoms with Crippen molar-refractivity contribution in [3.63, 3.8) is 0 Å². The summed E-state index contributed by atoms with van der Waals surface area (Å²) in [5.41, 5.74) is 3.80. The van der Waals surface area contributed by atoms with Crippen molar-refractivity contribution < 1.29 is 9.18 Å².